The van der Waals surface area contributed by atoms with Crippen LogP contribution in [-0.2, 0) is 15.1 Å². The number of hydrogen-bond acceptors (Lipinski definition) is 3. The Labute approximate surface area is 138 Å². The van der Waals surface area contributed by atoms with Gasteiger partial charge < -0.3 is 9.84 Å². The Morgan fingerprint density at radius 3 is 2.38 bits per heavy atom. The molecular formula is C17H17IO3. The van der Waals surface area contributed by atoms with Gasteiger partial charge in [0.25, 0.3) is 0 Å². The van der Waals surface area contributed by atoms with E-state index in [4.69, 9.17) is 4.74 Å². The fraction of sp³-hybridized carbons (Fsp3) is 0.235. The van der Waals surface area contributed by atoms with Gasteiger partial charge in [-0.1, -0.05) is 48.5 Å². The number of carbonyl (C=O) groups is 1. The third-order valence-electron chi connectivity index (χ3n) is 3.28. The summed E-state index contributed by atoms with van der Waals surface area (Å²) in [4.78, 5) is 11.9. The molecule has 0 aliphatic rings. The van der Waals surface area contributed by atoms with Gasteiger partial charge in [-0.3, -0.25) is 4.79 Å². The fourth-order valence-electron chi connectivity index (χ4n) is 2.28. The Morgan fingerprint density at radius 2 is 1.76 bits per heavy atom. The first-order valence-electron chi connectivity index (χ1n) is 6.76. The molecule has 2 rings (SSSR count). The molecule has 0 bridgehead atoms. The van der Waals surface area contributed by atoms with E-state index in [1.165, 1.54) is 0 Å². The Hall–Kier alpha value is -1.40. The summed E-state index contributed by atoms with van der Waals surface area (Å²) in [5.41, 5.74) is 0.0118. The van der Waals surface area contributed by atoms with Crippen molar-refractivity contribution in [2.75, 3.05) is 6.61 Å². The Balaban J connectivity index is 2.49. The van der Waals surface area contributed by atoms with Crippen molar-refractivity contribution in [3.8, 4) is 0 Å². The Bertz CT molecular complexity index is 612. The third-order valence-corrected chi connectivity index (χ3v) is 4.22. The van der Waals surface area contributed by atoms with Gasteiger partial charge in [0.2, 0.25) is 0 Å². The number of halogens is 1. The van der Waals surface area contributed by atoms with Crippen molar-refractivity contribution < 1.29 is 14.6 Å². The second-order valence-electron chi connectivity index (χ2n) is 4.69. The highest BCUT2D eigenvalue weighted by Crippen LogP contribution is 2.35. The van der Waals surface area contributed by atoms with Gasteiger partial charge in [0.15, 0.2) is 0 Å². The molecule has 0 aliphatic heterocycles. The topological polar surface area (TPSA) is 46.5 Å². The van der Waals surface area contributed by atoms with Gasteiger partial charge in [-0.2, -0.15) is 0 Å². The van der Waals surface area contributed by atoms with E-state index in [0.717, 1.165) is 3.57 Å². The lowest BCUT2D eigenvalue weighted by atomic mass is 9.83. The van der Waals surface area contributed by atoms with Crippen molar-refractivity contribution in [3.05, 3.63) is 69.3 Å². The van der Waals surface area contributed by atoms with Crippen LogP contribution in [0.25, 0.3) is 0 Å². The van der Waals surface area contributed by atoms with Crippen LogP contribution >= 0.6 is 22.6 Å². The van der Waals surface area contributed by atoms with Crippen LogP contribution in [0.1, 0.15) is 24.5 Å². The molecule has 4 heteroatoms. The number of aliphatic hydroxyl groups is 1. The van der Waals surface area contributed by atoms with E-state index in [1.807, 2.05) is 54.6 Å². The monoisotopic (exact) mass is 396 g/mol. The van der Waals surface area contributed by atoms with Crippen molar-refractivity contribution in [3.63, 3.8) is 0 Å². The number of ether oxygens (including phenoxy) is 1. The molecule has 0 saturated heterocycles. The van der Waals surface area contributed by atoms with E-state index in [0.29, 0.717) is 17.7 Å². The van der Waals surface area contributed by atoms with Gasteiger partial charge in [-0.25, -0.2) is 0 Å². The summed E-state index contributed by atoms with van der Waals surface area (Å²) >= 11 is 2.17. The highest BCUT2D eigenvalue weighted by Gasteiger charge is 2.36. The molecule has 0 amide bonds. The summed E-state index contributed by atoms with van der Waals surface area (Å²) in [6, 6.07) is 16.7. The van der Waals surface area contributed by atoms with Crippen LogP contribution in [0.4, 0.5) is 0 Å². The molecule has 0 radical (unpaired) electrons. The zero-order valence-electron chi connectivity index (χ0n) is 11.8. The summed E-state index contributed by atoms with van der Waals surface area (Å²) in [5.74, 6) is -0.413. The molecule has 21 heavy (non-hydrogen) atoms. The molecule has 0 fully saturated rings. The van der Waals surface area contributed by atoms with Crippen LogP contribution in [0.5, 0.6) is 0 Å². The number of carbonyl (C=O) groups excluding carboxylic acids is 1. The quantitative estimate of drug-likeness (QED) is 0.622. The van der Waals surface area contributed by atoms with Crippen LogP contribution < -0.4 is 0 Å². The molecule has 0 aliphatic carbocycles. The van der Waals surface area contributed by atoms with Crippen molar-refractivity contribution in [1.82, 2.24) is 0 Å². The van der Waals surface area contributed by atoms with E-state index in [2.05, 4.69) is 22.6 Å². The SMILES string of the molecule is CCOC(=O)CC(O)(c1ccccc1)c1ccccc1I. The second-order valence-corrected chi connectivity index (χ2v) is 5.85. The maximum atomic E-state index is 11.9. The molecule has 1 unspecified atom stereocenters. The highest BCUT2D eigenvalue weighted by atomic mass is 127. The van der Waals surface area contributed by atoms with E-state index < -0.39 is 11.6 Å². The summed E-state index contributed by atoms with van der Waals surface area (Å²) in [6.45, 7) is 2.06. The average molecular weight is 396 g/mol. The zero-order chi connectivity index (χ0) is 15.3. The van der Waals surface area contributed by atoms with Crippen LogP contribution in [0.15, 0.2) is 54.6 Å². The summed E-state index contributed by atoms with van der Waals surface area (Å²) in [7, 11) is 0. The normalized spacial score (nSPS) is 13.5. The molecule has 0 heterocycles. The average Bonchev–Trinajstić information content (AvgIpc) is 2.48. The highest BCUT2D eigenvalue weighted by molar-refractivity contribution is 14.1. The summed E-state index contributed by atoms with van der Waals surface area (Å²) in [6.07, 6.45) is -0.106. The second kappa shape index (κ2) is 7.04. The molecule has 1 N–H and O–H groups in total. The smallest absolute Gasteiger partial charge is 0.309 e. The number of benzene rings is 2. The minimum Gasteiger partial charge on any atom is -0.466 e. The molecular weight excluding hydrogens is 379 g/mol. The maximum Gasteiger partial charge on any atom is 0.309 e. The third kappa shape index (κ3) is 3.63. The van der Waals surface area contributed by atoms with Crippen LogP contribution in [0, 0.1) is 3.57 Å². The van der Waals surface area contributed by atoms with Gasteiger partial charge in [0.05, 0.1) is 13.0 Å². The number of rotatable bonds is 5. The maximum absolute atomic E-state index is 11.9. The lowest BCUT2D eigenvalue weighted by Gasteiger charge is -2.29. The van der Waals surface area contributed by atoms with Crippen molar-refractivity contribution >= 4 is 28.6 Å². The predicted molar refractivity (Wildman–Crippen MR) is 89.8 cm³/mol. The molecule has 0 saturated carbocycles. The first-order chi connectivity index (χ1) is 10.1. The fourth-order valence-corrected chi connectivity index (χ4v) is 3.12. The van der Waals surface area contributed by atoms with Gasteiger partial charge >= 0.3 is 5.97 Å². The molecule has 0 aromatic heterocycles. The standard InChI is InChI=1S/C17H17IO3/c1-2-21-16(19)12-17(20,13-8-4-3-5-9-13)14-10-6-7-11-15(14)18/h3-11,20H,2,12H2,1H3. The Morgan fingerprint density at radius 1 is 1.14 bits per heavy atom. The van der Waals surface area contributed by atoms with Gasteiger partial charge in [-0.05, 0) is 41.1 Å². The number of hydrogen-bond donors (Lipinski definition) is 1. The van der Waals surface area contributed by atoms with Crippen LogP contribution in [0.3, 0.4) is 0 Å². The van der Waals surface area contributed by atoms with E-state index >= 15 is 0 Å². The van der Waals surface area contributed by atoms with E-state index in [1.54, 1.807) is 6.92 Å². The van der Waals surface area contributed by atoms with Crippen LogP contribution in [0.2, 0.25) is 0 Å². The minimum absolute atomic E-state index is 0.106. The van der Waals surface area contributed by atoms with Gasteiger partial charge in [-0.15, -0.1) is 0 Å². The lowest BCUT2D eigenvalue weighted by Crippen LogP contribution is -2.32. The minimum atomic E-state index is -1.38. The molecule has 2 aromatic rings. The van der Waals surface area contributed by atoms with Crippen molar-refractivity contribution in [2.45, 2.75) is 18.9 Å². The molecule has 0 spiro atoms. The molecule has 110 valence electrons. The molecule has 2 aromatic carbocycles. The van der Waals surface area contributed by atoms with Crippen LogP contribution in [-0.4, -0.2) is 17.7 Å². The van der Waals surface area contributed by atoms with Crippen molar-refractivity contribution in [1.29, 1.82) is 0 Å². The van der Waals surface area contributed by atoms with Crippen molar-refractivity contribution in [2.24, 2.45) is 0 Å². The summed E-state index contributed by atoms with van der Waals surface area (Å²) < 4.78 is 5.93. The summed E-state index contributed by atoms with van der Waals surface area (Å²) in [5, 5.41) is 11.2. The van der Waals surface area contributed by atoms with Gasteiger partial charge in [0.1, 0.15) is 5.60 Å². The first kappa shape index (κ1) is 16.0. The molecule has 1 atom stereocenters. The largest absolute Gasteiger partial charge is 0.466 e. The molecule has 3 nitrogen and oxygen atoms in total. The first-order valence-corrected chi connectivity index (χ1v) is 7.84. The predicted octanol–water partition coefficient (Wildman–Crippen LogP) is 3.48. The number of esters is 1. The van der Waals surface area contributed by atoms with E-state index in [9.17, 15) is 9.90 Å². The van der Waals surface area contributed by atoms with E-state index in [-0.39, 0.29) is 6.42 Å². The Kier molecular flexibility index (Phi) is 5.36. The lowest BCUT2D eigenvalue weighted by molar-refractivity contribution is -0.147. The van der Waals surface area contributed by atoms with Gasteiger partial charge in [0, 0.05) is 9.13 Å². The zero-order valence-corrected chi connectivity index (χ0v) is 13.9.